The quantitative estimate of drug-likeness (QED) is 0.0825. The first-order valence-corrected chi connectivity index (χ1v) is 24.6. The first-order chi connectivity index (χ1) is 25.0. The molecule has 0 spiro atoms. The van der Waals surface area contributed by atoms with Gasteiger partial charge in [0.2, 0.25) is 0 Å². The van der Waals surface area contributed by atoms with E-state index in [0.29, 0.717) is 24.7 Å². The fraction of sp³-hybridized carbons (Fsp3) is 0.476. The molecule has 0 saturated heterocycles. The van der Waals surface area contributed by atoms with Crippen molar-refractivity contribution >= 4 is 24.3 Å². The Bertz CT molecular complexity index is 1510. The molecule has 0 fully saturated rings. The predicted molar refractivity (Wildman–Crippen MR) is 220 cm³/mol. The zero-order valence-corrected chi connectivity index (χ0v) is 35.6. The van der Waals surface area contributed by atoms with Crippen molar-refractivity contribution in [2.75, 3.05) is 13.2 Å². The molecule has 0 aliphatic heterocycles. The van der Waals surface area contributed by atoms with Crippen molar-refractivity contribution in [2.45, 2.75) is 116 Å². The second-order valence-corrected chi connectivity index (χ2v) is 26.2. The largest absolute Gasteiger partial charge is 0.658 e. The van der Waals surface area contributed by atoms with Crippen molar-refractivity contribution in [3.05, 3.63) is 109 Å². The van der Waals surface area contributed by atoms with Crippen molar-refractivity contribution in [2.24, 2.45) is 0 Å². The summed E-state index contributed by atoms with van der Waals surface area (Å²) >= 11 is 0. The summed E-state index contributed by atoms with van der Waals surface area (Å²) < 4.78 is 37.5. The fourth-order valence-corrected chi connectivity index (χ4v) is 7.77. The molecule has 1 radical (unpaired) electrons. The van der Waals surface area contributed by atoms with Gasteiger partial charge in [-0.3, -0.25) is 9.97 Å². The molecule has 2 unspecified atom stereocenters. The van der Waals surface area contributed by atoms with Crippen LogP contribution in [-0.2, 0) is 21.7 Å². The van der Waals surface area contributed by atoms with Crippen LogP contribution in [-0.4, -0.2) is 59.7 Å². The third-order valence-corrected chi connectivity index (χ3v) is 19.4. The number of hydrogen-bond acceptors (Lipinski definition) is 8. The molecule has 11 heteroatoms. The van der Waals surface area contributed by atoms with Crippen LogP contribution >= 0.6 is 0 Å². The number of rotatable bonds is 20. The lowest BCUT2D eigenvalue weighted by molar-refractivity contribution is 0.108. The standard InChI is InChI=1S/C42H60BN2O6Si2/c1-41(2,3)52(7,8)50-39(17-15-33-13-11-27-44-29-33)31-46-35-19-23-37(24-20-35)48-43-49-38-25-21-36(22-26-38)47-32-40(51-53(9,10)42(4,5)6)18-16-34-14-12-28-45-30-34/h11-14,19-30,39-40H,15-18,31-32H2,1-10H3. The molecule has 0 aliphatic rings. The third kappa shape index (κ3) is 13.9. The molecule has 2 atom stereocenters. The summed E-state index contributed by atoms with van der Waals surface area (Å²) in [5.41, 5.74) is 2.40. The topological polar surface area (TPSA) is 81.2 Å². The first kappa shape index (κ1) is 42.1. The Morgan fingerprint density at radius 2 is 0.906 bits per heavy atom. The molecule has 0 saturated carbocycles. The summed E-state index contributed by atoms with van der Waals surface area (Å²) in [7, 11) is -2.64. The van der Waals surface area contributed by atoms with Gasteiger partial charge in [-0.25, -0.2) is 0 Å². The highest BCUT2D eigenvalue weighted by Crippen LogP contribution is 2.39. The van der Waals surface area contributed by atoms with Gasteiger partial charge < -0.3 is 27.6 Å². The molecule has 2 aromatic carbocycles. The number of benzene rings is 2. The summed E-state index contributed by atoms with van der Waals surface area (Å²) in [5.74, 6) is 2.80. The van der Waals surface area contributed by atoms with E-state index in [9.17, 15) is 0 Å². The number of pyridine rings is 2. The van der Waals surface area contributed by atoms with Gasteiger partial charge in [-0.1, -0.05) is 53.7 Å². The van der Waals surface area contributed by atoms with Crippen molar-refractivity contribution in [3.63, 3.8) is 0 Å². The Kier molecular flexibility index (Phi) is 15.2. The highest BCUT2D eigenvalue weighted by atomic mass is 28.4. The second kappa shape index (κ2) is 19.1. The molecule has 2 heterocycles. The second-order valence-electron chi connectivity index (χ2n) is 16.7. The van der Waals surface area contributed by atoms with E-state index in [-0.39, 0.29) is 22.3 Å². The van der Waals surface area contributed by atoms with Crippen molar-refractivity contribution in [3.8, 4) is 23.0 Å². The Balaban J connectivity index is 1.24. The molecule has 0 bridgehead atoms. The molecule has 8 nitrogen and oxygen atoms in total. The lowest BCUT2D eigenvalue weighted by Crippen LogP contribution is -2.45. The van der Waals surface area contributed by atoms with Crippen LogP contribution in [0.2, 0.25) is 36.3 Å². The van der Waals surface area contributed by atoms with Crippen LogP contribution < -0.4 is 18.8 Å². The number of aryl methyl sites for hydroxylation is 2. The van der Waals surface area contributed by atoms with Crippen LogP contribution in [0.4, 0.5) is 0 Å². The van der Waals surface area contributed by atoms with E-state index in [1.165, 1.54) is 18.8 Å². The molecule has 53 heavy (non-hydrogen) atoms. The lowest BCUT2D eigenvalue weighted by atomic mass is 10.1. The molecule has 285 valence electrons. The van der Waals surface area contributed by atoms with Gasteiger partial charge in [0.1, 0.15) is 36.2 Å². The molecule has 0 N–H and O–H groups in total. The number of ether oxygens (including phenoxy) is 2. The van der Waals surface area contributed by atoms with E-state index in [0.717, 1.165) is 37.2 Å². The first-order valence-electron chi connectivity index (χ1n) is 18.7. The maximum Gasteiger partial charge on any atom is 0.658 e. The maximum absolute atomic E-state index is 6.78. The van der Waals surface area contributed by atoms with Crippen molar-refractivity contribution in [1.82, 2.24) is 9.97 Å². The maximum atomic E-state index is 6.78. The average molecular weight is 756 g/mol. The van der Waals surface area contributed by atoms with Crippen LogP contribution in [0.15, 0.2) is 97.6 Å². The van der Waals surface area contributed by atoms with Gasteiger partial charge >= 0.3 is 7.69 Å². The Morgan fingerprint density at radius 3 is 1.23 bits per heavy atom. The van der Waals surface area contributed by atoms with Crippen LogP contribution in [0, 0.1) is 0 Å². The van der Waals surface area contributed by atoms with Crippen LogP contribution in [0.5, 0.6) is 23.0 Å². The summed E-state index contributed by atoms with van der Waals surface area (Å²) in [6.45, 7) is 23.6. The average Bonchev–Trinajstić information content (AvgIpc) is 3.11. The van der Waals surface area contributed by atoms with E-state index < -0.39 is 16.6 Å². The van der Waals surface area contributed by atoms with Crippen molar-refractivity contribution in [1.29, 1.82) is 0 Å². The van der Waals surface area contributed by atoms with Crippen molar-refractivity contribution < 1.29 is 27.6 Å². The van der Waals surface area contributed by atoms with E-state index in [2.05, 4.69) is 89.8 Å². The van der Waals surface area contributed by atoms with Gasteiger partial charge in [-0.15, -0.1) is 0 Å². The van der Waals surface area contributed by atoms with Gasteiger partial charge in [0.25, 0.3) is 0 Å². The number of aromatic nitrogens is 2. The normalized spacial score (nSPS) is 13.5. The van der Waals surface area contributed by atoms with Gasteiger partial charge in [-0.05, 0) is 134 Å². The molecular formula is C42H60BN2O6Si2. The van der Waals surface area contributed by atoms with Gasteiger partial charge in [0.05, 0.1) is 12.2 Å². The molecular weight excluding hydrogens is 695 g/mol. The minimum atomic E-state index is -1.98. The molecule has 2 aromatic heterocycles. The minimum absolute atomic E-state index is 0.0278. The summed E-state index contributed by atoms with van der Waals surface area (Å²) in [5, 5.41) is 0.218. The lowest BCUT2D eigenvalue weighted by Gasteiger charge is -2.39. The molecule has 4 aromatic rings. The molecule has 0 aliphatic carbocycles. The minimum Gasteiger partial charge on any atom is -0.526 e. The van der Waals surface area contributed by atoms with Crippen LogP contribution in [0.25, 0.3) is 0 Å². The van der Waals surface area contributed by atoms with E-state index in [4.69, 9.17) is 27.6 Å². The van der Waals surface area contributed by atoms with E-state index >= 15 is 0 Å². The van der Waals surface area contributed by atoms with Gasteiger partial charge in [0.15, 0.2) is 16.6 Å². The number of hydrogen-bond donors (Lipinski definition) is 0. The van der Waals surface area contributed by atoms with Crippen LogP contribution in [0.1, 0.15) is 65.5 Å². The highest BCUT2D eigenvalue weighted by molar-refractivity contribution is 6.74. The Morgan fingerprint density at radius 1 is 0.547 bits per heavy atom. The molecule has 4 rings (SSSR count). The zero-order valence-electron chi connectivity index (χ0n) is 33.6. The third-order valence-electron chi connectivity index (χ3n) is 10.4. The Labute approximate surface area is 321 Å². The highest BCUT2D eigenvalue weighted by Gasteiger charge is 2.40. The summed E-state index contributed by atoms with van der Waals surface area (Å²) in [4.78, 5) is 8.53. The number of nitrogens with zero attached hydrogens (tertiary/aromatic N) is 2. The smallest absolute Gasteiger partial charge is 0.526 e. The van der Waals surface area contributed by atoms with Gasteiger partial charge in [-0.2, -0.15) is 0 Å². The van der Waals surface area contributed by atoms with E-state index in [1.54, 1.807) is 12.4 Å². The van der Waals surface area contributed by atoms with Crippen LogP contribution in [0.3, 0.4) is 0 Å². The van der Waals surface area contributed by atoms with Gasteiger partial charge in [0, 0.05) is 24.8 Å². The zero-order chi connectivity index (χ0) is 38.5. The summed E-state index contributed by atoms with van der Waals surface area (Å²) in [6.07, 6.45) is 10.9. The Hall–Kier alpha value is -3.64. The van der Waals surface area contributed by atoms with E-state index in [1.807, 2.05) is 73.1 Å². The monoisotopic (exact) mass is 755 g/mol. The fourth-order valence-electron chi connectivity index (χ4n) is 5.03. The summed E-state index contributed by atoms with van der Waals surface area (Å²) in [6, 6.07) is 23.2. The predicted octanol–water partition coefficient (Wildman–Crippen LogP) is 10.3. The molecule has 0 amide bonds. The SMILES string of the molecule is CC(C)(C)[Si](C)(C)OC(CCc1cccnc1)COc1ccc(O[B]Oc2ccc(OCC(CCc3cccnc3)O[Si](C)(C)C(C)(C)C)cc2)cc1.